The Morgan fingerprint density at radius 3 is 2.84 bits per heavy atom. The van der Waals surface area contributed by atoms with Crippen LogP contribution in [0.4, 0.5) is 5.95 Å². The van der Waals surface area contributed by atoms with E-state index in [1.165, 1.54) is 10.9 Å². The highest BCUT2D eigenvalue weighted by atomic mass is 32.1. The number of aryl methyl sites for hydroxylation is 2. The normalized spacial score (nSPS) is 16.3. The smallest absolute Gasteiger partial charge is 0.229 e. The van der Waals surface area contributed by atoms with Crippen LogP contribution in [-0.2, 0) is 11.2 Å². The van der Waals surface area contributed by atoms with Gasteiger partial charge < -0.3 is 20.4 Å². The van der Waals surface area contributed by atoms with E-state index in [1.807, 2.05) is 38.2 Å². The van der Waals surface area contributed by atoms with Crippen LogP contribution in [0.3, 0.4) is 0 Å². The summed E-state index contributed by atoms with van der Waals surface area (Å²) in [7, 11) is 0. The fraction of sp³-hybridized carbons (Fsp3) is 0.391. The predicted octanol–water partition coefficient (Wildman–Crippen LogP) is 3.23. The van der Waals surface area contributed by atoms with Gasteiger partial charge >= 0.3 is 0 Å². The topological polar surface area (TPSA) is 99.2 Å². The molecule has 1 aromatic carbocycles. The zero-order valence-corrected chi connectivity index (χ0v) is 19.3. The minimum Gasteiger partial charge on any atom is -0.376 e. The van der Waals surface area contributed by atoms with E-state index in [-0.39, 0.29) is 6.10 Å². The molecule has 1 fully saturated rings. The van der Waals surface area contributed by atoms with Crippen molar-refractivity contribution in [1.82, 2.24) is 25.6 Å². The molecule has 168 valence electrons. The van der Waals surface area contributed by atoms with Crippen molar-refractivity contribution >= 4 is 40.1 Å². The van der Waals surface area contributed by atoms with Crippen molar-refractivity contribution in [1.29, 1.82) is 0 Å². The Morgan fingerprint density at radius 2 is 2.06 bits per heavy atom. The number of hydrogen-bond acceptors (Lipinski definition) is 5. The van der Waals surface area contributed by atoms with Gasteiger partial charge in [0.1, 0.15) is 0 Å². The van der Waals surface area contributed by atoms with Crippen molar-refractivity contribution in [3.63, 3.8) is 0 Å². The monoisotopic (exact) mass is 451 g/mol. The number of aliphatic imine (C=N–C) groups is 1. The van der Waals surface area contributed by atoms with Gasteiger partial charge in [-0.25, -0.2) is 9.97 Å². The molecule has 0 aliphatic carbocycles. The Morgan fingerprint density at radius 1 is 1.25 bits per heavy atom. The molecule has 1 aliphatic rings. The number of nitrogens with zero attached hydrogens (tertiary/aromatic N) is 3. The van der Waals surface area contributed by atoms with Crippen LogP contribution in [0.2, 0.25) is 0 Å². The van der Waals surface area contributed by atoms with Crippen LogP contribution in [0.1, 0.15) is 29.8 Å². The Hall–Kier alpha value is -3.04. The van der Waals surface area contributed by atoms with Crippen molar-refractivity contribution < 1.29 is 4.74 Å². The molecule has 4 rings (SSSR count). The summed E-state index contributed by atoms with van der Waals surface area (Å²) in [5.41, 5.74) is 4.13. The highest BCUT2D eigenvalue weighted by Gasteiger charge is 2.16. The van der Waals surface area contributed by atoms with Crippen LogP contribution < -0.4 is 16.0 Å². The number of aromatic nitrogens is 3. The molecule has 8 nitrogen and oxygen atoms in total. The van der Waals surface area contributed by atoms with E-state index in [0.717, 1.165) is 42.8 Å². The molecule has 0 radical (unpaired) electrons. The van der Waals surface area contributed by atoms with Crippen LogP contribution in [0.5, 0.6) is 0 Å². The maximum absolute atomic E-state index is 5.65. The fourth-order valence-electron chi connectivity index (χ4n) is 3.79. The van der Waals surface area contributed by atoms with Crippen LogP contribution in [0.15, 0.2) is 41.5 Å². The SMILES string of the molecule is Cc1cc(C)nc(NC(=NCCc2c[nH]c3ccccc23)NC(=S)NCC2CCCO2)n1. The van der Waals surface area contributed by atoms with Crippen molar-refractivity contribution in [3.8, 4) is 0 Å². The second kappa shape index (κ2) is 10.5. The van der Waals surface area contributed by atoms with E-state index < -0.39 is 0 Å². The standard InChI is InChI=1S/C23H29N7OS/c1-15-12-16(2)28-22(27-15)29-21(30-23(32)26-14-18-6-5-11-31-18)24-10-9-17-13-25-20-8-4-3-7-19(17)20/h3-4,7-8,12-13,18,25H,5-6,9-11,14H2,1-2H3,(H3,24,26,27,28,29,30,32). The molecule has 0 spiro atoms. The van der Waals surface area contributed by atoms with Crippen LogP contribution in [-0.4, -0.2) is 51.8 Å². The molecule has 3 heterocycles. The van der Waals surface area contributed by atoms with Crippen molar-refractivity contribution in [3.05, 3.63) is 53.5 Å². The minimum atomic E-state index is 0.202. The fourth-order valence-corrected chi connectivity index (χ4v) is 3.97. The number of nitrogens with one attached hydrogen (secondary N) is 4. The van der Waals surface area contributed by atoms with Gasteiger partial charge in [-0.05, 0) is 63.0 Å². The summed E-state index contributed by atoms with van der Waals surface area (Å²) in [5.74, 6) is 1.00. The number of rotatable bonds is 6. The molecule has 2 aromatic heterocycles. The molecule has 1 unspecified atom stereocenters. The molecule has 4 N–H and O–H groups in total. The van der Waals surface area contributed by atoms with Crippen molar-refractivity contribution in [2.24, 2.45) is 4.99 Å². The Kier molecular flexibility index (Phi) is 7.28. The van der Waals surface area contributed by atoms with E-state index >= 15 is 0 Å². The third-order valence-electron chi connectivity index (χ3n) is 5.28. The van der Waals surface area contributed by atoms with E-state index in [4.69, 9.17) is 21.9 Å². The summed E-state index contributed by atoms with van der Waals surface area (Å²) < 4.78 is 5.65. The average molecular weight is 452 g/mol. The molecule has 3 aromatic rings. The lowest BCUT2D eigenvalue weighted by Crippen LogP contribution is -2.45. The second-order valence-corrected chi connectivity index (χ2v) is 8.32. The summed E-state index contributed by atoms with van der Waals surface area (Å²) in [6.07, 6.45) is 5.18. The lowest BCUT2D eigenvalue weighted by molar-refractivity contribution is 0.114. The number of anilines is 1. The molecule has 32 heavy (non-hydrogen) atoms. The van der Waals surface area contributed by atoms with Crippen molar-refractivity contribution in [2.45, 2.75) is 39.2 Å². The number of aromatic amines is 1. The molecule has 1 aliphatic heterocycles. The second-order valence-electron chi connectivity index (χ2n) is 7.91. The summed E-state index contributed by atoms with van der Waals surface area (Å²) in [5, 5.41) is 11.3. The lowest BCUT2D eigenvalue weighted by Gasteiger charge is -2.16. The van der Waals surface area contributed by atoms with Gasteiger partial charge in [0.05, 0.1) is 6.10 Å². The Labute approximate surface area is 193 Å². The lowest BCUT2D eigenvalue weighted by atomic mass is 10.1. The van der Waals surface area contributed by atoms with Crippen LogP contribution in [0, 0.1) is 13.8 Å². The van der Waals surface area contributed by atoms with Gasteiger partial charge in [0.15, 0.2) is 5.11 Å². The molecule has 1 saturated heterocycles. The highest BCUT2D eigenvalue weighted by molar-refractivity contribution is 7.80. The summed E-state index contributed by atoms with van der Waals surface area (Å²) >= 11 is 5.48. The largest absolute Gasteiger partial charge is 0.376 e. The molecular formula is C23H29N7OS. The first kappa shape index (κ1) is 22.2. The molecular weight excluding hydrogens is 422 g/mol. The zero-order chi connectivity index (χ0) is 22.3. The van der Waals surface area contributed by atoms with Gasteiger partial charge in [0, 0.05) is 48.2 Å². The first-order chi connectivity index (χ1) is 15.6. The van der Waals surface area contributed by atoms with Gasteiger partial charge in [-0.2, -0.15) is 0 Å². The van der Waals surface area contributed by atoms with Gasteiger partial charge in [-0.3, -0.25) is 10.3 Å². The Balaban J connectivity index is 1.43. The number of fused-ring (bicyclic) bond motifs is 1. The number of H-pyrrole nitrogens is 1. The highest BCUT2D eigenvalue weighted by Crippen LogP contribution is 2.18. The minimum absolute atomic E-state index is 0.202. The molecule has 0 bridgehead atoms. The van der Waals surface area contributed by atoms with Gasteiger partial charge in [-0.15, -0.1) is 0 Å². The predicted molar refractivity (Wildman–Crippen MR) is 132 cm³/mol. The molecule has 0 saturated carbocycles. The molecule has 0 amide bonds. The number of hydrogen-bond donors (Lipinski definition) is 4. The average Bonchev–Trinajstić information content (AvgIpc) is 3.42. The van der Waals surface area contributed by atoms with Crippen molar-refractivity contribution in [2.75, 3.05) is 25.0 Å². The van der Waals surface area contributed by atoms with E-state index in [9.17, 15) is 0 Å². The van der Waals surface area contributed by atoms with E-state index in [2.05, 4.69) is 43.0 Å². The number of para-hydroxylation sites is 1. The zero-order valence-electron chi connectivity index (χ0n) is 18.4. The third-order valence-corrected chi connectivity index (χ3v) is 5.53. The summed E-state index contributed by atoms with van der Waals surface area (Å²) in [6, 6.07) is 10.2. The molecule has 9 heteroatoms. The third kappa shape index (κ3) is 6.02. The molecule has 1 atom stereocenters. The van der Waals surface area contributed by atoms with Crippen LogP contribution in [0.25, 0.3) is 10.9 Å². The van der Waals surface area contributed by atoms with E-state index in [1.54, 1.807) is 0 Å². The Bertz CT molecular complexity index is 1080. The van der Waals surface area contributed by atoms with Crippen LogP contribution >= 0.6 is 12.2 Å². The number of thiocarbonyl (C=S) groups is 1. The maximum atomic E-state index is 5.65. The summed E-state index contributed by atoms with van der Waals surface area (Å²) in [6.45, 7) is 5.95. The number of benzene rings is 1. The quantitative estimate of drug-likeness (QED) is 0.259. The van der Waals surface area contributed by atoms with E-state index in [0.29, 0.717) is 30.1 Å². The number of ether oxygens (including phenoxy) is 1. The first-order valence-electron chi connectivity index (χ1n) is 10.9. The van der Waals surface area contributed by atoms with Gasteiger partial charge in [0.25, 0.3) is 0 Å². The van der Waals surface area contributed by atoms with Gasteiger partial charge in [0.2, 0.25) is 11.9 Å². The summed E-state index contributed by atoms with van der Waals surface area (Å²) in [4.78, 5) is 16.9. The van der Waals surface area contributed by atoms with Gasteiger partial charge in [-0.1, -0.05) is 18.2 Å². The maximum Gasteiger partial charge on any atom is 0.229 e. The first-order valence-corrected chi connectivity index (χ1v) is 11.3. The number of guanidine groups is 1.